The Bertz CT molecular complexity index is 279. The zero-order chi connectivity index (χ0) is 8.27. The minimum Gasteiger partial charge on any atom is -0.216 e. The number of benzene rings is 1. The summed E-state index contributed by atoms with van der Waals surface area (Å²) in [5, 5.41) is 0. The van der Waals surface area contributed by atoms with Gasteiger partial charge in [0.1, 0.15) is 11.6 Å². The molecule has 0 saturated heterocycles. The molecule has 0 saturated carbocycles. The average Bonchev–Trinajstić information content (AvgIpc) is 1.95. The quantitative estimate of drug-likeness (QED) is 0.589. The summed E-state index contributed by atoms with van der Waals surface area (Å²) in [5.41, 5.74) is 0.0360. The van der Waals surface area contributed by atoms with Crippen LogP contribution in [0.15, 0.2) is 24.5 Å². The van der Waals surface area contributed by atoms with Crippen molar-refractivity contribution >= 4 is 6.08 Å². The van der Waals surface area contributed by atoms with E-state index in [2.05, 4.69) is 0 Å². The lowest BCUT2D eigenvalue weighted by Gasteiger charge is -1.94. The molecule has 0 spiro atoms. The van der Waals surface area contributed by atoms with Crippen molar-refractivity contribution in [2.24, 2.45) is 0 Å². The maximum Gasteiger partial charge on any atom is 0.133 e. The van der Waals surface area contributed by atoms with Gasteiger partial charge in [-0.2, -0.15) is 0 Å². The summed E-state index contributed by atoms with van der Waals surface area (Å²) < 4.78 is 36.3. The smallest absolute Gasteiger partial charge is 0.133 e. The van der Waals surface area contributed by atoms with E-state index in [9.17, 15) is 13.2 Å². The lowest BCUT2D eigenvalue weighted by Crippen LogP contribution is -1.82. The molecular weight excluding hydrogens is 153 g/mol. The van der Waals surface area contributed by atoms with Gasteiger partial charge in [-0.05, 0) is 18.2 Å². The first-order valence-electron chi connectivity index (χ1n) is 2.96. The molecule has 0 aliphatic carbocycles. The molecule has 0 bridgehead atoms. The predicted molar refractivity (Wildman–Crippen MR) is 36.5 cm³/mol. The second kappa shape index (κ2) is 3.23. The summed E-state index contributed by atoms with van der Waals surface area (Å²) in [6, 6.07) is 2.94. The minimum atomic E-state index is -0.765. The summed E-state index contributed by atoms with van der Waals surface area (Å²) in [4.78, 5) is 0. The van der Waals surface area contributed by atoms with Crippen LogP contribution in [0.25, 0.3) is 6.08 Å². The van der Waals surface area contributed by atoms with Crippen molar-refractivity contribution in [3.8, 4) is 0 Å². The van der Waals surface area contributed by atoms with Crippen LogP contribution in [0.2, 0.25) is 0 Å². The molecule has 0 aliphatic rings. The van der Waals surface area contributed by atoms with Crippen LogP contribution in [0, 0.1) is 11.6 Å². The standard InChI is InChI=1S/C8H5F3/c9-4-3-6-1-2-7(10)5-8(6)11/h1-5H. The molecule has 0 fully saturated rings. The van der Waals surface area contributed by atoms with E-state index in [4.69, 9.17) is 0 Å². The van der Waals surface area contributed by atoms with E-state index in [0.717, 1.165) is 12.1 Å². The maximum absolute atomic E-state index is 12.6. The zero-order valence-corrected chi connectivity index (χ0v) is 5.52. The molecular formula is C8H5F3. The van der Waals surface area contributed by atoms with Gasteiger partial charge < -0.3 is 0 Å². The fraction of sp³-hybridized carbons (Fsp3) is 0. The van der Waals surface area contributed by atoms with Gasteiger partial charge in [-0.3, -0.25) is 0 Å². The normalized spacial score (nSPS) is 10.8. The van der Waals surface area contributed by atoms with Crippen LogP contribution in [-0.2, 0) is 0 Å². The summed E-state index contributed by atoms with van der Waals surface area (Å²) in [5.74, 6) is -1.43. The molecule has 1 rings (SSSR count). The summed E-state index contributed by atoms with van der Waals surface area (Å²) in [6.45, 7) is 0. The van der Waals surface area contributed by atoms with Crippen LogP contribution in [0.4, 0.5) is 13.2 Å². The van der Waals surface area contributed by atoms with Crippen LogP contribution in [0.1, 0.15) is 5.56 Å². The summed E-state index contributed by atoms with van der Waals surface area (Å²) in [6.07, 6.45) is 1.13. The molecule has 11 heavy (non-hydrogen) atoms. The summed E-state index contributed by atoms with van der Waals surface area (Å²) >= 11 is 0. The van der Waals surface area contributed by atoms with Gasteiger partial charge in [0, 0.05) is 11.6 Å². The van der Waals surface area contributed by atoms with Crippen LogP contribution >= 0.6 is 0 Å². The van der Waals surface area contributed by atoms with Gasteiger partial charge in [0.25, 0.3) is 0 Å². The highest BCUT2D eigenvalue weighted by atomic mass is 19.1. The van der Waals surface area contributed by atoms with E-state index in [1.165, 1.54) is 6.07 Å². The van der Waals surface area contributed by atoms with Crippen molar-refractivity contribution in [1.82, 2.24) is 0 Å². The Kier molecular flexibility index (Phi) is 2.31. The van der Waals surface area contributed by atoms with Gasteiger partial charge in [-0.1, -0.05) is 0 Å². The second-order valence-corrected chi connectivity index (χ2v) is 1.96. The zero-order valence-electron chi connectivity index (χ0n) is 5.52. The second-order valence-electron chi connectivity index (χ2n) is 1.96. The number of rotatable bonds is 1. The van der Waals surface area contributed by atoms with Gasteiger partial charge in [-0.25, -0.2) is 13.2 Å². The molecule has 0 N–H and O–H groups in total. The van der Waals surface area contributed by atoms with Crippen molar-refractivity contribution in [2.45, 2.75) is 0 Å². The van der Waals surface area contributed by atoms with E-state index in [-0.39, 0.29) is 11.9 Å². The molecule has 1 aromatic carbocycles. The Morgan fingerprint density at radius 1 is 1.18 bits per heavy atom. The molecule has 0 amide bonds. The Hall–Kier alpha value is -1.25. The fourth-order valence-corrected chi connectivity index (χ4v) is 0.705. The highest BCUT2D eigenvalue weighted by molar-refractivity contribution is 5.48. The molecule has 1 aromatic rings. The topological polar surface area (TPSA) is 0 Å². The van der Waals surface area contributed by atoms with Crippen LogP contribution in [-0.4, -0.2) is 0 Å². The lowest BCUT2D eigenvalue weighted by molar-refractivity contribution is 0.581. The average molecular weight is 158 g/mol. The van der Waals surface area contributed by atoms with Crippen LogP contribution in [0.3, 0.4) is 0 Å². The van der Waals surface area contributed by atoms with Crippen LogP contribution in [0.5, 0.6) is 0 Å². The Morgan fingerprint density at radius 2 is 1.91 bits per heavy atom. The van der Waals surface area contributed by atoms with E-state index in [1.54, 1.807) is 0 Å². The van der Waals surface area contributed by atoms with Gasteiger partial charge in [0.15, 0.2) is 0 Å². The highest BCUT2D eigenvalue weighted by Gasteiger charge is 1.98. The van der Waals surface area contributed by atoms with Gasteiger partial charge in [0.2, 0.25) is 0 Å². The van der Waals surface area contributed by atoms with Crippen molar-refractivity contribution in [2.75, 3.05) is 0 Å². The van der Waals surface area contributed by atoms with E-state index in [1.807, 2.05) is 0 Å². The molecule has 0 aromatic heterocycles. The van der Waals surface area contributed by atoms with Crippen molar-refractivity contribution in [1.29, 1.82) is 0 Å². The molecule has 0 aliphatic heterocycles. The number of halogens is 3. The first-order chi connectivity index (χ1) is 5.24. The molecule has 58 valence electrons. The third kappa shape index (κ3) is 1.83. The van der Waals surface area contributed by atoms with Gasteiger partial charge >= 0.3 is 0 Å². The first kappa shape index (κ1) is 7.85. The molecule has 0 radical (unpaired) electrons. The Balaban J connectivity index is 3.09. The maximum atomic E-state index is 12.6. The van der Waals surface area contributed by atoms with Crippen LogP contribution < -0.4 is 0 Å². The summed E-state index contributed by atoms with van der Waals surface area (Å²) in [7, 11) is 0. The fourth-order valence-electron chi connectivity index (χ4n) is 0.705. The third-order valence-corrected chi connectivity index (χ3v) is 1.21. The van der Waals surface area contributed by atoms with Crippen molar-refractivity contribution in [3.63, 3.8) is 0 Å². The molecule has 0 heterocycles. The number of hydrogen-bond acceptors (Lipinski definition) is 0. The SMILES string of the molecule is FC=Cc1ccc(F)cc1F. The molecule has 0 nitrogen and oxygen atoms in total. The highest BCUT2D eigenvalue weighted by Crippen LogP contribution is 2.10. The Morgan fingerprint density at radius 3 is 2.45 bits per heavy atom. The van der Waals surface area contributed by atoms with Gasteiger partial charge in [0.05, 0.1) is 6.33 Å². The molecule has 0 atom stereocenters. The molecule has 0 unspecified atom stereocenters. The number of hydrogen-bond donors (Lipinski definition) is 0. The van der Waals surface area contributed by atoms with Crippen molar-refractivity contribution < 1.29 is 13.2 Å². The van der Waals surface area contributed by atoms with Crippen molar-refractivity contribution in [3.05, 3.63) is 41.7 Å². The van der Waals surface area contributed by atoms with E-state index in [0.29, 0.717) is 6.07 Å². The monoisotopic (exact) mass is 158 g/mol. The molecule has 3 heteroatoms. The largest absolute Gasteiger partial charge is 0.216 e. The Labute approximate surface area is 62.0 Å². The van der Waals surface area contributed by atoms with E-state index >= 15 is 0 Å². The lowest BCUT2D eigenvalue weighted by atomic mass is 10.2. The minimum absolute atomic E-state index is 0.0360. The van der Waals surface area contributed by atoms with Gasteiger partial charge in [-0.15, -0.1) is 0 Å². The first-order valence-corrected chi connectivity index (χ1v) is 2.96. The third-order valence-electron chi connectivity index (χ3n) is 1.21. The van der Waals surface area contributed by atoms with E-state index < -0.39 is 11.6 Å². The predicted octanol–water partition coefficient (Wildman–Crippen LogP) is 2.91.